The SMILES string of the molecule is COc1nc(C(=O)N2CCCC2CN2CCCCC2)cc2ccccc12. The van der Waals surface area contributed by atoms with E-state index in [1.807, 2.05) is 35.2 Å². The Bertz CT molecular complexity index is 786. The Labute approximate surface area is 154 Å². The molecule has 0 radical (unpaired) electrons. The van der Waals surface area contributed by atoms with Crippen LogP contribution in [0.2, 0.25) is 0 Å². The Morgan fingerprint density at radius 1 is 1.15 bits per heavy atom. The fraction of sp³-hybridized carbons (Fsp3) is 0.524. The molecule has 0 saturated carbocycles. The largest absolute Gasteiger partial charge is 0.481 e. The lowest BCUT2D eigenvalue weighted by molar-refractivity contribution is 0.0684. The number of hydrogen-bond donors (Lipinski definition) is 0. The van der Waals surface area contributed by atoms with E-state index in [-0.39, 0.29) is 5.91 Å². The van der Waals surface area contributed by atoms with E-state index in [2.05, 4.69) is 9.88 Å². The van der Waals surface area contributed by atoms with Crippen molar-refractivity contribution in [2.75, 3.05) is 33.3 Å². The van der Waals surface area contributed by atoms with Crippen molar-refractivity contribution >= 4 is 16.7 Å². The number of methoxy groups -OCH3 is 1. The highest BCUT2D eigenvalue weighted by atomic mass is 16.5. The number of pyridine rings is 1. The van der Waals surface area contributed by atoms with Crippen molar-refractivity contribution in [3.63, 3.8) is 0 Å². The summed E-state index contributed by atoms with van der Waals surface area (Å²) in [6, 6.07) is 10.1. The lowest BCUT2D eigenvalue weighted by Gasteiger charge is -2.33. The van der Waals surface area contributed by atoms with Gasteiger partial charge in [0.2, 0.25) is 5.88 Å². The van der Waals surface area contributed by atoms with Crippen molar-refractivity contribution in [2.24, 2.45) is 0 Å². The maximum absolute atomic E-state index is 13.2. The quantitative estimate of drug-likeness (QED) is 0.846. The fourth-order valence-electron chi connectivity index (χ4n) is 4.31. The van der Waals surface area contributed by atoms with Crippen molar-refractivity contribution in [1.29, 1.82) is 0 Å². The first-order valence-corrected chi connectivity index (χ1v) is 9.73. The lowest BCUT2D eigenvalue weighted by atomic mass is 10.1. The molecule has 0 spiro atoms. The molecule has 3 heterocycles. The monoisotopic (exact) mass is 353 g/mol. The van der Waals surface area contributed by atoms with Gasteiger partial charge in [-0.15, -0.1) is 0 Å². The van der Waals surface area contributed by atoms with E-state index < -0.39 is 0 Å². The van der Waals surface area contributed by atoms with Crippen LogP contribution in [0.25, 0.3) is 10.8 Å². The van der Waals surface area contributed by atoms with Crippen LogP contribution in [-0.4, -0.2) is 60.0 Å². The van der Waals surface area contributed by atoms with Crippen molar-refractivity contribution in [2.45, 2.75) is 38.1 Å². The topological polar surface area (TPSA) is 45.7 Å². The Balaban J connectivity index is 1.57. The van der Waals surface area contributed by atoms with Crippen LogP contribution in [0.15, 0.2) is 30.3 Å². The molecule has 0 bridgehead atoms. The molecule has 1 amide bonds. The first kappa shape index (κ1) is 17.3. The van der Waals surface area contributed by atoms with E-state index in [1.54, 1.807) is 7.11 Å². The smallest absolute Gasteiger partial charge is 0.272 e. The minimum absolute atomic E-state index is 0.0357. The van der Waals surface area contributed by atoms with Gasteiger partial charge in [0.05, 0.1) is 7.11 Å². The van der Waals surface area contributed by atoms with Crippen LogP contribution in [0.4, 0.5) is 0 Å². The van der Waals surface area contributed by atoms with Crippen molar-refractivity contribution in [1.82, 2.24) is 14.8 Å². The third-order valence-corrected chi connectivity index (χ3v) is 5.67. The molecule has 1 aromatic carbocycles. The van der Waals surface area contributed by atoms with E-state index in [4.69, 9.17) is 4.74 Å². The van der Waals surface area contributed by atoms with Gasteiger partial charge in [-0.2, -0.15) is 0 Å². The summed E-state index contributed by atoms with van der Waals surface area (Å²) in [5, 5.41) is 1.94. The van der Waals surface area contributed by atoms with Crippen LogP contribution in [-0.2, 0) is 0 Å². The molecule has 5 heteroatoms. The van der Waals surface area contributed by atoms with Gasteiger partial charge in [-0.05, 0) is 56.3 Å². The van der Waals surface area contributed by atoms with Crippen LogP contribution in [0.5, 0.6) is 5.88 Å². The zero-order valence-electron chi connectivity index (χ0n) is 15.5. The second kappa shape index (κ2) is 7.62. The second-order valence-corrected chi connectivity index (χ2v) is 7.39. The molecule has 2 aromatic rings. The minimum Gasteiger partial charge on any atom is -0.481 e. The number of likely N-dealkylation sites (tertiary alicyclic amines) is 2. The number of ether oxygens (including phenoxy) is 1. The average molecular weight is 353 g/mol. The summed E-state index contributed by atoms with van der Waals surface area (Å²) in [7, 11) is 1.61. The van der Waals surface area contributed by atoms with E-state index in [0.29, 0.717) is 17.6 Å². The number of carbonyl (C=O) groups excluding carboxylic acids is 1. The van der Waals surface area contributed by atoms with Gasteiger partial charge in [0.15, 0.2) is 0 Å². The van der Waals surface area contributed by atoms with Crippen LogP contribution < -0.4 is 4.74 Å². The Hall–Kier alpha value is -2.14. The zero-order valence-corrected chi connectivity index (χ0v) is 15.5. The molecule has 1 atom stereocenters. The van der Waals surface area contributed by atoms with Gasteiger partial charge in [0.1, 0.15) is 5.69 Å². The molecule has 2 aliphatic rings. The van der Waals surface area contributed by atoms with Crippen LogP contribution in [0, 0.1) is 0 Å². The van der Waals surface area contributed by atoms with Gasteiger partial charge in [-0.3, -0.25) is 4.79 Å². The molecule has 5 nitrogen and oxygen atoms in total. The molecule has 1 aromatic heterocycles. The minimum atomic E-state index is 0.0357. The molecule has 0 aliphatic carbocycles. The maximum Gasteiger partial charge on any atom is 0.272 e. The lowest BCUT2D eigenvalue weighted by Crippen LogP contribution is -2.44. The summed E-state index contributed by atoms with van der Waals surface area (Å²) in [5.74, 6) is 0.562. The number of nitrogens with zero attached hydrogens (tertiary/aromatic N) is 3. The third-order valence-electron chi connectivity index (χ3n) is 5.67. The first-order chi connectivity index (χ1) is 12.8. The van der Waals surface area contributed by atoms with Crippen molar-refractivity contribution in [3.8, 4) is 5.88 Å². The normalized spacial score (nSPS) is 21.3. The summed E-state index contributed by atoms with van der Waals surface area (Å²) in [6.45, 7) is 4.16. The van der Waals surface area contributed by atoms with Crippen LogP contribution >= 0.6 is 0 Å². The van der Waals surface area contributed by atoms with Crippen LogP contribution in [0.1, 0.15) is 42.6 Å². The average Bonchev–Trinajstić information content (AvgIpc) is 3.15. The maximum atomic E-state index is 13.2. The number of carbonyl (C=O) groups is 1. The van der Waals surface area contributed by atoms with Gasteiger partial charge in [0, 0.05) is 24.5 Å². The molecular weight excluding hydrogens is 326 g/mol. The van der Waals surface area contributed by atoms with Gasteiger partial charge in [-0.1, -0.05) is 24.6 Å². The van der Waals surface area contributed by atoms with E-state index in [0.717, 1.165) is 36.7 Å². The van der Waals surface area contributed by atoms with Crippen molar-refractivity contribution < 1.29 is 9.53 Å². The van der Waals surface area contributed by atoms with Crippen LogP contribution in [0.3, 0.4) is 0 Å². The first-order valence-electron chi connectivity index (χ1n) is 9.73. The molecule has 0 N–H and O–H groups in total. The molecule has 2 aliphatic heterocycles. The summed E-state index contributed by atoms with van der Waals surface area (Å²) >= 11 is 0. The molecule has 138 valence electrons. The number of benzene rings is 1. The predicted octanol–water partition coefficient (Wildman–Crippen LogP) is 3.33. The standard InChI is InChI=1S/C21H27N3O2/c1-26-20-18-10-4-3-8-16(18)14-19(22-20)21(25)24-13-7-9-17(24)15-23-11-5-2-6-12-23/h3-4,8,10,14,17H,2,5-7,9,11-13,15H2,1H3. The highest BCUT2D eigenvalue weighted by Gasteiger charge is 2.32. The highest BCUT2D eigenvalue weighted by Crippen LogP contribution is 2.27. The summed E-state index contributed by atoms with van der Waals surface area (Å²) in [6.07, 6.45) is 6.07. The number of piperidine rings is 1. The summed E-state index contributed by atoms with van der Waals surface area (Å²) in [4.78, 5) is 22.3. The molecule has 26 heavy (non-hydrogen) atoms. The van der Waals surface area contributed by atoms with E-state index >= 15 is 0 Å². The Morgan fingerprint density at radius 3 is 2.77 bits per heavy atom. The number of rotatable bonds is 4. The second-order valence-electron chi connectivity index (χ2n) is 7.39. The Kier molecular flexibility index (Phi) is 5.07. The van der Waals surface area contributed by atoms with Crippen molar-refractivity contribution in [3.05, 3.63) is 36.0 Å². The molecule has 4 rings (SSSR count). The Morgan fingerprint density at radius 2 is 1.96 bits per heavy atom. The summed E-state index contributed by atoms with van der Waals surface area (Å²) in [5.41, 5.74) is 0.492. The number of hydrogen-bond acceptors (Lipinski definition) is 4. The van der Waals surface area contributed by atoms with Gasteiger partial charge in [-0.25, -0.2) is 4.98 Å². The number of fused-ring (bicyclic) bond motifs is 1. The van der Waals surface area contributed by atoms with E-state index in [1.165, 1.54) is 32.4 Å². The zero-order chi connectivity index (χ0) is 17.9. The van der Waals surface area contributed by atoms with E-state index in [9.17, 15) is 4.79 Å². The van der Waals surface area contributed by atoms with Gasteiger partial charge in [0.25, 0.3) is 5.91 Å². The summed E-state index contributed by atoms with van der Waals surface area (Å²) < 4.78 is 5.44. The third kappa shape index (κ3) is 3.40. The van der Waals surface area contributed by atoms with Gasteiger partial charge >= 0.3 is 0 Å². The predicted molar refractivity (Wildman–Crippen MR) is 103 cm³/mol. The molecular formula is C21H27N3O2. The van der Waals surface area contributed by atoms with Gasteiger partial charge < -0.3 is 14.5 Å². The number of aromatic nitrogens is 1. The fourth-order valence-corrected chi connectivity index (χ4v) is 4.31. The molecule has 1 unspecified atom stereocenters. The molecule has 2 fully saturated rings. The number of amides is 1. The highest BCUT2D eigenvalue weighted by molar-refractivity contribution is 5.98. The molecule has 2 saturated heterocycles.